The number of aromatic hydroxyl groups is 1. The number of nitrogens with zero attached hydrogens (tertiary/aromatic N) is 1. The van der Waals surface area contributed by atoms with Gasteiger partial charge in [-0.3, -0.25) is 4.79 Å². The summed E-state index contributed by atoms with van der Waals surface area (Å²) in [7, 11) is 0. The second-order valence-electron chi connectivity index (χ2n) is 4.12. The Morgan fingerprint density at radius 3 is 2.95 bits per heavy atom. The second kappa shape index (κ2) is 5.55. The van der Waals surface area contributed by atoms with E-state index in [-0.39, 0.29) is 11.3 Å². The van der Waals surface area contributed by atoms with E-state index in [1.54, 1.807) is 18.2 Å². The van der Waals surface area contributed by atoms with Crippen molar-refractivity contribution in [1.82, 2.24) is 4.98 Å². The average molecular weight is 258 g/mol. The van der Waals surface area contributed by atoms with Crippen molar-refractivity contribution < 1.29 is 9.84 Å². The van der Waals surface area contributed by atoms with Crippen LogP contribution in [0.5, 0.6) is 5.75 Å². The van der Waals surface area contributed by atoms with Crippen LogP contribution in [0.25, 0.3) is 10.9 Å². The van der Waals surface area contributed by atoms with Gasteiger partial charge in [-0.15, -0.1) is 0 Å². The molecule has 0 bridgehead atoms. The number of aromatic amines is 1. The molecule has 1 heterocycles. The monoisotopic (exact) mass is 258 g/mol. The molecule has 0 aliphatic heterocycles. The Hall–Kier alpha value is -2.32. The van der Waals surface area contributed by atoms with E-state index in [0.29, 0.717) is 24.1 Å². The molecule has 5 heteroatoms. The number of hydrogen-bond acceptors (Lipinski definition) is 4. The molecule has 2 rings (SSSR count). The van der Waals surface area contributed by atoms with E-state index < -0.39 is 5.56 Å². The van der Waals surface area contributed by atoms with Crippen LogP contribution in [-0.4, -0.2) is 23.3 Å². The highest BCUT2D eigenvalue weighted by atomic mass is 16.5. The Morgan fingerprint density at radius 1 is 1.47 bits per heavy atom. The summed E-state index contributed by atoms with van der Waals surface area (Å²) < 4.78 is 5.27. The normalized spacial score (nSPS) is 10.5. The van der Waals surface area contributed by atoms with Gasteiger partial charge in [-0.25, -0.2) is 0 Å². The summed E-state index contributed by atoms with van der Waals surface area (Å²) in [5.41, 5.74) is 0.695. The van der Waals surface area contributed by atoms with Gasteiger partial charge in [0.05, 0.1) is 12.1 Å². The van der Waals surface area contributed by atoms with Crippen LogP contribution in [-0.2, 0) is 11.2 Å². The number of ether oxygens (including phenoxy) is 1. The second-order valence-corrected chi connectivity index (χ2v) is 4.12. The molecule has 0 fully saturated rings. The van der Waals surface area contributed by atoms with E-state index in [1.165, 1.54) is 0 Å². The van der Waals surface area contributed by atoms with Gasteiger partial charge in [-0.05, 0) is 31.0 Å². The smallest absolute Gasteiger partial charge is 0.270 e. The third-order valence-electron chi connectivity index (χ3n) is 2.90. The van der Waals surface area contributed by atoms with Gasteiger partial charge in [0.1, 0.15) is 11.8 Å². The molecular formula is C14H14N2O3. The van der Waals surface area contributed by atoms with E-state index in [2.05, 4.69) is 4.98 Å². The quantitative estimate of drug-likeness (QED) is 0.817. The fourth-order valence-corrected chi connectivity index (χ4v) is 1.92. The van der Waals surface area contributed by atoms with Gasteiger partial charge in [0.15, 0.2) is 5.56 Å². The van der Waals surface area contributed by atoms with E-state index in [9.17, 15) is 9.90 Å². The maximum absolute atomic E-state index is 11.6. The molecule has 0 spiro atoms. The maximum Gasteiger partial charge on any atom is 0.270 e. The van der Waals surface area contributed by atoms with Crippen LogP contribution < -0.4 is 5.56 Å². The standard InChI is InChI=1S/C14H14N2O3/c1-2-19-6-5-9-3-4-10-12(7-9)16-14(18)11(8-15)13(10)17/h3-4,7H,2,5-6H2,1H3,(H2,16,17,18). The molecule has 0 unspecified atom stereocenters. The molecule has 0 amide bonds. The van der Waals surface area contributed by atoms with Crippen LogP contribution in [0.2, 0.25) is 0 Å². The molecule has 19 heavy (non-hydrogen) atoms. The van der Waals surface area contributed by atoms with E-state index in [4.69, 9.17) is 10.00 Å². The molecule has 0 atom stereocenters. The summed E-state index contributed by atoms with van der Waals surface area (Å²) in [5, 5.41) is 19.1. The van der Waals surface area contributed by atoms with Crippen molar-refractivity contribution in [1.29, 1.82) is 5.26 Å². The Labute approximate surface area is 110 Å². The highest BCUT2D eigenvalue weighted by molar-refractivity contribution is 5.87. The largest absolute Gasteiger partial charge is 0.506 e. The summed E-state index contributed by atoms with van der Waals surface area (Å²) in [6, 6.07) is 7.03. The van der Waals surface area contributed by atoms with Crippen molar-refractivity contribution in [2.24, 2.45) is 0 Å². The molecular weight excluding hydrogens is 244 g/mol. The van der Waals surface area contributed by atoms with Gasteiger partial charge in [-0.2, -0.15) is 5.26 Å². The number of benzene rings is 1. The lowest BCUT2D eigenvalue weighted by Crippen LogP contribution is -2.10. The molecule has 2 aromatic rings. The third kappa shape index (κ3) is 2.59. The SMILES string of the molecule is CCOCCc1ccc2c(O)c(C#N)c(=O)[nH]c2c1. The molecule has 5 nitrogen and oxygen atoms in total. The number of pyridine rings is 1. The number of hydrogen-bond donors (Lipinski definition) is 2. The van der Waals surface area contributed by atoms with Crippen LogP contribution >= 0.6 is 0 Å². The van der Waals surface area contributed by atoms with Gasteiger partial charge in [0, 0.05) is 12.0 Å². The third-order valence-corrected chi connectivity index (χ3v) is 2.90. The number of fused-ring (bicyclic) bond motifs is 1. The van der Waals surface area contributed by atoms with Gasteiger partial charge in [0.2, 0.25) is 0 Å². The Balaban J connectivity index is 2.45. The Bertz CT molecular complexity index is 698. The van der Waals surface area contributed by atoms with Crippen molar-refractivity contribution in [3.63, 3.8) is 0 Å². The highest BCUT2D eigenvalue weighted by Crippen LogP contribution is 2.25. The number of aromatic nitrogens is 1. The first-order chi connectivity index (χ1) is 9.17. The molecule has 1 aromatic carbocycles. The Kier molecular flexibility index (Phi) is 3.83. The minimum Gasteiger partial charge on any atom is -0.506 e. The minimum absolute atomic E-state index is 0.255. The first-order valence-corrected chi connectivity index (χ1v) is 6.03. The van der Waals surface area contributed by atoms with E-state index >= 15 is 0 Å². The summed E-state index contributed by atoms with van der Waals surface area (Å²) in [5.74, 6) is -0.266. The summed E-state index contributed by atoms with van der Waals surface area (Å²) in [4.78, 5) is 14.2. The number of rotatable bonds is 4. The summed E-state index contributed by atoms with van der Waals surface area (Å²) in [6.07, 6.45) is 0.729. The predicted molar refractivity (Wildman–Crippen MR) is 71.1 cm³/mol. The average Bonchev–Trinajstić information content (AvgIpc) is 2.39. The van der Waals surface area contributed by atoms with Crippen molar-refractivity contribution in [3.8, 4) is 11.8 Å². The molecule has 1 aromatic heterocycles. The number of H-pyrrole nitrogens is 1. The van der Waals surface area contributed by atoms with Crippen molar-refractivity contribution in [2.45, 2.75) is 13.3 Å². The zero-order valence-corrected chi connectivity index (χ0v) is 10.6. The van der Waals surface area contributed by atoms with Gasteiger partial charge in [0.25, 0.3) is 5.56 Å². The van der Waals surface area contributed by atoms with Crippen LogP contribution in [0.15, 0.2) is 23.0 Å². The maximum atomic E-state index is 11.6. The van der Waals surface area contributed by atoms with Crippen LogP contribution in [0, 0.1) is 11.3 Å². The van der Waals surface area contributed by atoms with Crippen LogP contribution in [0.1, 0.15) is 18.1 Å². The molecule has 0 aliphatic rings. The first-order valence-electron chi connectivity index (χ1n) is 6.03. The predicted octanol–water partition coefficient (Wildman–Crippen LogP) is 1.68. The lowest BCUT2D eigenvalue weighted by atomic mass is 10.1. The Morgan fingerprint density at radius 2 is 2.26 bits per heavy atom. The molecule has 0 radical (unpaired) electrons. The van der Waals surface area contributed by atoms with Gasteiger partial charge < -0.3 is 14.8 Å². The molecule has 0 saturated carbocycles. The lowest BCUT2D eigenvalue weighted by Gasteiger charge is -2.06. The van der Waals surface area contributed by atoms with Crippen LogP contribution in [0.3, 0.4) is 0 Å². The number of nitriles is 1. The van der Waals surface area contributed by atoms with E-state index in [0.717, 1.165) is 12.0 Å². The minimum atomic E-state index is -0.575. The van der Waals surface area contributed by atoms with Crippen LogP contribution in [0.4, 0.5) is 0 Å². The topological polar surface area (TPSA) is 86.1 Å². The fourth-order valence-electron chi connectivity index (χ4n) is 1.92. The van der Waals surface area contributed by atoms with Crippen molar-refractivity contribution in [2.75, 3.05) is 13.2 Å². The number of nitrogens with one attached hydrogen (secondary N) is 1. The van der Waals surface area contributed by atoms with Gasteiger partial charge >= 0.3 is 0 Å². The fraction of sp³-hybridized carbons (Fsp3) is 0.286. The summed E-state index contributed by atoms with van der Waals surface area (Å²) in [6.45, 7) is 3.20. The zero-order chi connectivity index (χ0) is 13.8. The van der Waals surface area contributed by atoms with E-state index in [1.807, 2.05) is 13.0 Å². The van der Waals surface area contributed by atoms with Crippen molar-refractivity contribution >= 4 is 10.9 Å². The zero-order valence-electron chi connectivity index (χ0n) is 10.6. The molecule has 0 saturated heterocycles. The first kappa shape index (κ1) is 13.1. The lowest BCUT2D eigenvalue weighted by molar-refractivity contribution is 0.151. The van der Waals surface area contributed by atoms with Gasteiger partial charge in [-0.1, -0.05) is 6.07 Å². The van der Waals surface area contributed by atoms with Crippen molar-refractivity contribution in [3.05, 3.63) is 39.7 Å². The highest BCUT2D eigenvalue weighted by Gasteiger charge is 2.11. The molecule has 98 valence electrons. The molecule has 0 aliphatic carbocycles. The summed E-state index contributed by atoms with van der Waals surface area (Å²) >= 11 is 0. The molecule has 2 N–H and O–H groups in total.